The van der Waals surface area contributed by atoms with Gasteiger partial charge in [0.25, 0.3) is 0 Å². The van der Waals surface area contributed by atoms with E-state index in [-0.39, 0.29) is 0 Å². The van der Waals surface area contributed by atoms with Crippen molar-refractivity contribution < 1.29 is 0 Å². The van der Waals surface area contributed by atoms with E-state index >= 15 is 0 Å². The van der Waals surface area contributed by atoms with Crippen molar-refractivity contribution in [1.29, 1.82) is 0 Å². The van der Waals surface area contributed by atoms with Gasteiger partial charge in [-0.25, -0.2) is 0 Å². The molecule has 0 N–H and O–H groups in total. The van der Waals surface area contributed by atoms with Crippen LogP contribution in [0.5, 0.6) is 0 Å². The quantitative estimate of drug-likeness (QED) is 0.463. The molecule has 0 nitrogen and oxygen atoms in total. The summed E-state index contributed by atoms with van der Waals surface area (Å²) >= 11 is 0.391. The van der Waals surface area contributed by atoms with Crippen LogP contribution in [0.1, 0.15) is 6.92 Å². The molecule has 2 radical (unpaired) electrons. The third-order valence-electron chi connectivity index (χ3n) is 0.612. The minimum absolute atomic E-state index is 0.391. The number of hydrogen-bond acceptors (Lipinski definition) is 0. The topological polar surface area (TPSA) is 0 Å². The molecule has 1 fully saturated rings. The van der Waals surface area contributed by atoms with Crippen LogP contribution in [0.25, 0.3) is 0 Å². The Bertz CT molecular complexity index is 22.5. The average Bonchev–Trinajstić information content (AvgIpc) is 1.75. The first-order valence-corrected chi connectivity index (χ1v) is 5.29. The van der Waals surface area contributed by atoms with Crippen LogP contribution >= 0.6 is 0 Å². The Kier molecular flexibility index (Phi) is 0.665. The van der Waals surface area contributed by atoms with Gasteiger partial charge in [-0.15, -0.1) is 0 Å². The van der Waals surface area contributed by atoms with Gasteiger partial charge in [-0.05, 0) is 0 Å². The molecule has 0 amide bonds. The van der Waals surface area contributed by atoms with Crippen LogP contribution in [0.2, 0.25) is 8.37 Å². The van der Waals surface area contributed by atoms with Crippen molar-refractivity contribution in [2.45, 2.75) is 15.3 Å². The van der Waals surface area contributed by atoms with E-state index in [9.17, 15) is 0 Å². The first-order valence-electron chi connectivity index (χ1n) is 1.63. The van der Waals surface area contributed by atoms with Crippen molar-refractivity contribution in [3.8, 4) is 0 Å². The summed E-state index contributed by atoms with van der Waals surface area (Å²) in [7, 11) is 0. The molecule has 1 heterocycles. The van der Waals surface area contributed by atoms with Gasteiger partial charge in [0.1, 0.15) is 0 Å². The predicted octanol–water partition coefficient (Wildman–Crippen LogP) is 0.931. The maximum atomic E-state index is 2.35. The molecule has 1 heteroatoms. The molecule has 0 aliphatic carbocycles. The summed E-state index contributed by atoms with van der Waals surface area (Å²) in [4.78, 5) is 0. The van der Waals surface area contributed by atoms with E-state index < -0.39 is 0 Å². The standard InChI is InChI=1S/C3H6.Sn/c1-3-2;/h3H,1H2,2H3;. The first-order chi connectivity index (χ1) is 1.89. The molecule has 1 aliphatic rings. The van der Waals surface area contributed by atoms with Crippen molar-refractivity contribution in [2.75, 3.05) is 0 Å². The Morgan fingerprint density at radius 2 is 2.25 bits per heavy atom. The van der Waals surface area contributed by atoms with Gasteiger partial charge >= 0.3 is 36.4 Å². The molecule has 0 spiro atoms. The summed E-state index contributed by atoms with van der Waals surface area (Å²) in [5.41, 5.74) is 0. The molecule has 0 saturated carbocycles. The van der Waals surface area contributed by atoms with Crippen LogP contribution in [0.15, 0.2) is 0 Å². The fourth-order valence-electron chi connectivity index (χ4n) is 0.118. The summed E-state index contributed by atoms with van der Waals surface area (Å²) < 4.78 is 2.91. The molecule has 0 aromatic carbocycles. The van der Waals surface area contributed by atoms with Crippen LogP contribution in [0.4, 0.5) is 0 Å². The van der Waals surface area contributed by atoms with E-state index in [1.807, 2.05) is 0 Å². The van der Waals surface area contributed by atoms with Gasteiger partial charge in [0.05, 0.1) is 0 Å². The van der Waals surface area contributed by atoms with Gasteiger partial charge in [0.15, 0.2) is 0 Å². The molecule has 1 atom stereocenters. The molecule has 0 aromatic rings. The van der Waals surface area contributed by atoms with Gasteiger partial charge in [-0.2, -0.15) is 0 Å². The molecule has 1 rings (SSSR count). The second kappa shape index (κ2) is 0.885. The molecule has 0 aromatic heterocycles. The van der Waals surface area contributed by atoms with E-state index in [0.29, 0.717) is 21.1 Å². The molecule has 0 bridgehead atoms. The third-order valence-corrected chi connectivity index (χ3v) is 4.11. The van der Waals surface area contributed by atoms with E-state index in [1.165, 1.54) is 3.93 Å². The van der Waals surface area contributed by atoms with Gasteiger partial charge < -0.3 is 0 Å². The summed E-state index contributed by atoms with van der Waals surface area (Å²) in [6.07, 6.45) is 0. The summed E-state index contributed by atoms with van der Waals surface area (Å²) in [5.74, 6) is 0. The van der Waals surface area contributed by atoms with Crippen molar-refractivity contribution >= 4 is 21.1 Å². The van der Waals surface area contributed by atoms with Crippen LogP contribution in [0, 0.1) is 0 Å². The zero-order valence-electron chi connectivity index (χ0n) is 2.78. The van der Waals surface area contributed by atoms with Gasteiger partial charge in [0.2, 0.25) is 0 Å². The molecular formula is C3H6Sn. The zero-order chi connectivity index (χ0) is 2.99. The van der Waals surface area contributed by atoms with E-state index in [0.717, 1.165) is 0 Å². The van der Waals surface area contributed by atoms with E-state index in [1.54, 1.807) is 4.44 Å². The molecule has 1 aliphatic heterocycles. The second-order valence-corrected chi connectivity index (χ2v) is 6.45. The van der Waals surface area contributed by atoms with Crippen LogP contribution in [-0.2, 0) is 0 Å². The summed E-state index contributed by atoms with van der Waals surface area (Å²) in [5, 5.41) is 0. The fourth-order valence-corrected chi connectivity index (χ4v) is 0.791. The van der Waals surface area contributed by atoms with Crippen LogP contribution in [-0.4, -0.2) is 21.1 Å². The molecular weight excluding hydrogens is 155 g/mol. The SMILES string of the molecule is C[CH]1[CH2][Sn]1. The third kappa shape index (κ3) is 0.627. The molecule has 1 saturated heterocycles. The van der Waals surface area contributed by atoms with Gasteiger partial charge in [-0.3, -0.25) is 0 Å². The monoisotopic (exact) mass is 162 g/mol. The number of hydrogen-bond donors (Lipinski definition) is 0. The normalized spacial score (nSPS) is 39.8. The zero-order valence-corrected chi connectivity index (χ0v) is 5.64. The summed E-state index contributed by atoms with van der Waals surface area (Å²) in [6, 6.07) is 0. The van der Waals surface area contributed by atoms with Crippen LogP contribution in [0.3, 0.4) is 0 Å². The fraction of sp³-hybridized carbons (Fsp3) is 1.00. The maximum absolute atomic E-state index is 2.35. The summed E-state index contributed by atoms with van der Waals surface area (Å²) in [6.45, 7) is 2.35. The van der Waals surface area contributed by atoms with E-state index in [4.69, 9.17) is 0 Å². The molecule has 22 valence electrons. The van der Waals surface area contributed by atoms with Crippen molar-refractivity contribution in [2.24, 2.45) is 0 Å². The Morgan fingerprint density at radius 1 is 2.00 bits per heavy atom. The molecule has 4 heavy (non-hydrogen) atoms. The minimum atomic E-state index is 0.391. The Balaban J connectivity index is 2.17. The van der Waals surface area contributed by atoms with Crippen molar-refractivity contribution in [3.63, 3.8) is 0 Å². The van der Waals surface area contributed by atoms with Crippen LogP contribution < -0.4 is 0 Å². The average molecular weight is 161 g/mol. The first kappa shape index (κ1) is 3.01. The Hall–Kier alpha value is 0.799. The van der Waals surface area contributed by atoms with E-state index in [2.05, 4.69) is 6.92 Å². The number of rotatable bonds is 0. The Labute approximate surface area is 36.8 Å². The van der Waals surface area contributed by atoms with Gasteiger partial charge in [0, 0.05) is 0 Å². The van der Waals surface area contributed by atoms with Crippen molar-refractivity contribution in [1.82, 2.24) is 0 Å². The predicted molar refractivity (Wildman–Crippen MR) is 20.0 cm³/mol. The van der Waals surface area contributed by atoms with Gasteiger partial charge in [-0.1, -0.05) is 0 Å². The second-order valence-electron chi connectivity index (χ2n) is 1.31. The Morgan fingerprint density at radius 3 is 2.25 bits per heavy atom. The molecule has 1 unspecified atom stereocenters. The van der Waals surface area contributed by atoms with Crippen molar-refractivity contribution in [3.05, 3.63) is 0 Å².